The third kappa shape index (κ3) is 4.07. The monoisotopic (exact) mass is 376 g/mol. The highest BCUT2D eigenvalue weighted by atomic mass is 79.9. The number of hydrogen-bond acceptors (Lipinski definition) is 2. The van der Waals surface area contributed by atoms with Crippen molar-refractivity contribution >= 4 is 28.3 Å². The largest absolute Gasteiger partial charge is 0.408 e. The molecule has 1 N–H and O–H groups in total. The second-order valence-electron chi connectivity index (χ2n) is 4.40. The minimum Gasteiger partial charge on any atom is -0.314 e. The Labute approximate surface area is 129 Å². The van der Waals surface area contributed by atoms with Gasteiger partial charge in [-0.2, -0.15) is 13.2 Å². The second kappa shape index (κ2) is 7.06. The number of nitrogens with zero attached hydrogens (tertiary/aromatic N) is 1. The van der Waals surface area contributed by atoms with Crippen LogP contribution in [0.5, 0.6) is 0 Å². The first-order valence-corrected chi connectivity index (χ1v) is 6.65. The van der Waals surface area contributed by atoms with E-state index >= 15 is 0 Å². The summed E-state index contributed by atoms with van der Waals surface area (Å²) in [5.41, 5.74) is -0.0746. The molecule has 1 aliphatic heterocycles. The highest BCUT2D eigenvalue weighted by molar-refractivity contribution is 9.10. The van der Waals surface area contributed by atoms with Gasteiger partial charge < -0.3 is 5.32 Å². The maximum atomic E-state index is 13.3. The number of alkyl halides is 3. The van der Waals surface area contributed by atoms with E-state index in [0.29, 0.717) is 13.1 Å². The minimum atomic E-state index is -4.44. The highest BCUT2D eigenvalue weighted by Gasteiger charge is 2.45. The summed E-state index contributed by atoms with van der Waals surface area (Å²) in [6.07, 6.45) is -4.44. The Kier molecular flexibility index (Phi) is 6.25. The van der Waals surface area contributed by atoms with Gasteiger partial charge in [0.1, 0.15) is 11.9 Å². The van der Waals surface area contributed by atoms with Crippen LogP contribution >= 0.6 is 28.3 Å². The molecular weight excluding hydrogens is 363 g/mol. The van der Waals surface area contributed by atoms with Crippen molar-refractivity contribution in [1.82, 2.24) is 10.2 Å². The van der Waals surface area contributed by atoms with Crippen LogP contribution in [0.4, 0.5) is 17.6 Å². The fourth-order valence-corrected chi connectivity index (χ4v) is 2.71. The molecule has 1 saturated heterocycles. The average molecular weight is 378 g/mol. The topological polar surface area (TPSA) is 15.3 Å². The lowest BCUT2D eigenvalue weighted by Crippen LogP contribution is -2.49. The minimum absolute atomic E-state index is 0. The summed E-state index contributed by atoms with van der Waals surface area (Å²) in [6.45, 7) is 1.57. The Hall–Kier alpha value is -0.370. The van der Waals surface area contributed by atoms with Gasteiger partial charge in [0.2, 0.25) is 0 Å². The Balaban J connectivity index is 0.00000200. The molecule has 1 aromatic carbocycles. The summed E-state index contributed by atoms with van der Waals surface area (Å²) in [5, 5.41) is 3.00. The third-order valence-corrected chi connectivity index (χ3v) is 3.80. The van der Waals surface area contributed by atoms with Crippen molar-refractivity contribution in [2.75, 3.05) is 26.2 Å². The first kappa shape index (κ1) is 17.7. The zero-order valence-electron chi connectivity index (χ0n) is 10.4. The van der Waals surface area contributed by atoms with Crippen molar-refractivity contribution in [3.8, 4) is 0 Å². The van der Waals surface area contributed by atoms with Gasteiger partial charge in [0, 0.05) is 30.7 Å². The van der Waals surface area contributed by atoms with Gasteiger partial charge in [-0.25, -0.2) is 4.39 Å². The van der Waals surface area contributed by atoms with Gasteiger partial charge in [-0.3, -0.25) is 4.90 Å². The number of benzene rings is 1. The molecule has 0 amide bonds. The number of piperazine rings is 1. The molecule has 20 heavy (non-hydrogen) atoms. The van der Waals surface area contributed by atoms with Crippen molar-refractivity contribution < 1.29 is 17.6 Å². The van der Waals surface area contributed by atoms with Gasteiger partial charge in [0.05, 0.1) is 0 Å². The molecule has 0 aliphatic carbocycles. The van der Waals surface area contributed by atoms with Gasteiger partial charge in [0.15, 0.2) is 0 Å². The summed E-state index contributed by atoms with van der Waals surface area (Å²) >= 11 is 3.08. The van der Waals surface area contributed by atoms with Crippen LogP contribution in [0.2, 0.25) is 0 Å². The lowest BCUT2D eigenvalue weighted by molar-refractivity contribution is -0.188. The lowest BCUT2D eigenvalue weighted by atomic mass is 10.0. The molecule has 0 radical (unpaired) electrons. The van der Waals surface area contributed by atoms with E-state index in [2.05, 4.69) is 21.2 Å². The number of hydrogen-bond donors (Lipinski definition) is 1. The van der Waals surface area contributed by atoms with E-state index in [1.54, 1.807) is 0 Å². The Morgan fingerprint density at radius 2 is 1.80 bits per heavy atom. The Morgan fingerprint density at radius 1 is 1.20 bits per heavy atom. The fraction of sp³-hybridized carbons (Fsp3) is 0.500. The van der Waals surface area contributed by atoms with Crippen LogP contribution in [-0.4, -0.2) is 37.3 Å². The van der Waals surface area contributed by atoms with Gasteiger partial charge >= 0.3 is 6.18 Å². The molecule has 0 aromatic heterocycles. The molecule has 1 fully saturated rings. The summed E-state index contributed by atoms with van der Waals surface area (Å²) in [4.78, 5) is 1.33. The summed E-state index contributed by atoms with van der Waals surface area (Å²) in [6, 6.07) is 1.62. The summed E-state index contributed by atoms with van der Waals surface area (Å²) in [7, 11) is 0. The normalized spacial score (nSPS) is 18.4. The van der Waals surface area contributed by atoms with E-state index in [-0.39, 0.29) is 35.5 Å². The van der Waals surface area contributed by atoms with E-state index in [1.165, 1.54) is 11.0 Å². The van der Waals surface area contributed by atoms with E-state index in [9.17, 15) is 17.6 Å². The summed E-state index contributed by atoms with van der Waals surface area (Å²) in [5.74, 6) is -0.664. The van der Waals surface area contributed by atoms with Gasteiger partial charge in [-0.05, 0) is 23.8 Å². The zero-order valence-corrected chi connectivity index (χ0v) is 12.8. The molecule has 2 nitrogen and oxygen atoms in total. The predicted molar refractivity (Wildman–Crippen MR) is 74.6 cm³/mol. The fourth-order valence-electron chi connectivity index (χ4n) is 2.24. The van der Waals surface area contributed by atoms with Crippen molar-refractivity contribution in [1.29, 1.82) is 0 Å². The Morgan fingerprint density at radius 3 is 2.35 bits per heavy atom. The first-order valence-electron chi connectivity index (χ1n) is 5.86. The second-order valence-corrected chi connectivity index (χ2v) is 5.25. The van der Waals surface area contributed by atoms with E-state index in [4.69, 9.17) is 0 Å². The van der Waals surface area contributed by atoms with Crippen LogP contribution < -0.4 is 5.32 Å². The maximum Gasteiger partial charge on any atom is 0.408 e. The van der Waals surface area contributed by atoms with E-state index in [1.807, 2.05) is 0 Å². The smallest absolute Gasteiger partial charge is 0.314 e. The quantitative estimate of drug-likeness (QED) is 0.794. The van der Waals surface area contributed by atoms with E-state index < -0.39 is 18.0 Å². The molecule has 2 rings (SSSR count). The number of nitrogens with one attached hydrogen (secondary N) is 1. The predicted octanol–water partition coefficient (Wildman–Crippen LogP) is 3.52. The molecular formula is C12H14BrClF4N2. The number of rotatable bonds is 2. The summed E-state index contributed by atoms with van der Waals surface area (Å²) < 4.78 is 53.4. The molecule has 0 spiro atoms. The maximum absolute atomic E-state index is 13.3. The molecule has 114 valence electrons. The zero-order chi connectivity index (χ0) is 14.0. The molecule has 8 heteroatoms. The van der Waals surface area contributed by atoms with Crippen LogP contribution in [0.15, 0.2) is 22.7 Å². The first-order chi connectivity index (χ1) is 8.89. The Bertz CT molecular complexity index is 450. The average Bonchev–Trinajstić information content (AvgIpc) is 2.33. The van der Waals surface area contributed by atoms with Crippen molar-refractivity contribution in [3.05, 3.63) is 34.1 Å². The molecule has 1 aromatic rings. The van der Waals surface area contributed by atoms with Crippen molar-refractivity contribution in [2.24, 2.45) is 0 Å². The van der Waals surface area contributed by atoms with Gasteiger partial charge in [-0.1, -0.05) is 15.9 Å². The standard InChI is InChI=1S/C12H13BrF4N2.ClH/c13-10-2-1-8(14)7-9(10)11(12(15,16)17)19-5-3-18-4-6-19;/h1-2,7,11,18H,3-6H2;1H/t11-;/m0./s1. The van der Waals surface area contributed by atoms with Crippen LogP contribution in [0.25, 0.3) is 0 Å². The van der Waals surface area contributed by atoms with Gasteiger partial charge in [-0.15, -0.1) is 12.4 Å². The molecule has 0 bridgehead atoms. The van der Waals surface area contributed by atoms with Crippen molar-refractivity contribution in [2.45, 2.75) is 12.2 Å². The molecule has 0 saturated carbocycles. The lowest BCUT2D eigenvalue weighted by Gasteiger charge is -2.36. The van der Waals surface area contributed by atoms with Gasteiger partial charge in [0.25, 0.3) is 0 Å². The van der Waals surface area contributed by atoms with Crippen LogP contribution in [0.3, 0.4) is 0 Å². The number of halogens is 6. The molecule has 1 aliphatic rings. The van der Waals surface area contributed by atoms with E-state index in [0.717, 1.165) is 12.1 Å². The molecule has 0 unspecified atom stereocenters. The van der Waals surface area contributed by atoms with Crippen LogP contribution in [0, 0.1) is 5.82 Å². The molecule has 1 atom stereocenters. The van der Waals surface area contributed by atoms with Crippen LogP contribution in [0.1, 0.15) is 11.6 Å². The molecule has 1 heterocycles. The van der Waals surface area contributed by atoms with Crippen LogP contribution in [-0.2, 0) is 0 Å². The SMILES string of the molecule is Cl.Fc1ccc(Br)c([C@H](N2CCNCC2)C(F)(F)F)c1. The third-order valence-electron chi connectivity index (χ3n) is 3.08. The van der Waals surface area contributed by atoms with Crippen molar-refractivity contribution in [3.63, 3.8) is 0 Å². The highest BCUT2D eigenvalue weighted by Crippen LogP contribution is 2.40.